The van der Waals surface area contributed by atoms with Crippen LogP contribution in [0.15, 0.2) is 179 Å². The van der Waals surface area contributed by atoms with Crippen LogP contribution < -0.4 is 0 Å². The Balaban J connectivity index is 1.19. The van der Waals surface area contributed by atoms with Crippen LogP contribution in [-0.4, -0.2) is 19.5 Å². The largest absolute Gasteiger partial charge is 0.456 e. The minimum Gasteiger partial charge on any atom is -0.456 e. The normalized spacial score (nSPS) is 12.0. The number of rotatable bonds is 4. The number of hydrogen-bond acceptors (Lipinski definition) is 5. The van der Waals surface area contributed by atoms with Crippen LogP contribution in [0.4, 0.5) is 0 Å². The van der Waals surface area contributed by atoms with E-state index in [9.17, 15) is 0 Å². The van der Waals surface area contributed by atoms with E-state index in [-0.39, 0.29) is 0 Å². The number of nitrogens with zero attached hydrogens (tertiary/aromatic N) is 4. The van der Waals surface area contributed by atoms with Gasteiger partial charge in [-0.1, -0.05) is 121 Å². The van der Waals surface area contributed by atoms with Crippen LogP contribution >= 0.6 is 0 Å². The molecular formula is C49H28N4O2. The third-order valence-corrected chi connectivity index (χ3v) is 10.8. The Bertz CT molecular complexity index is 3500. The van der Waals surface area contributed by atoms with Crippen LogP contribution in [0.2, 0.25) is 0 Å². The Morgan fingerprint density at radius 1 is 0.364 bits per heavy atom. The molecule has 0 saturated carbocycles. The smallest absolute Gasteiger partial charge is 0.164 e. The highest BCUT2D eigenvalue weighted by Crippen LogP contribution is 2.42. The van der Waals surface area contributed by atoms with Crippen LogP contribution in [0, 0.1) is 0 Å². The van der Waals surface area contributed by atoms with E-state index in [2.05, 4.69) is 102 Å². The number of fused-ring (bicyclic) bond motifs is 10. The zero-order valence-corrected chi connectivity index (χ0v) is 29.3. The molecule has 0 aliphatic heterocycles. The topological polar surface area (TPSA) is 69.9 Å². The minimum atomic E-state index is 0.545. The molecule has 0 bridgehead atoms. The van der Waals surface area contributed by atoms with Gasteiger partial charge in [0, 0.05) is 43.6 Å². The van der Waals surface area contributed by atoms with Crippen LogP contribution in [0.1, 0.15) is 0 Å². The third kappa shape index (κ3) is 4.52. The van der Waals surface area contributed by atoms with Gasteiger partial charge in [-0.25, -0.2) is 15.0 Å². The van der Waals surface area contributed by atoms with Gasteiger partial charge in [0.15, 0.2) is 17.5 Å². The van der Waals surface area contributed by atoms with Gasteiger partial charge in [-0.15, -0.1) is 0 Å². The maximum absolute atomic E-state index is 6.68. The lowest BCUT2D eigenvalue weighted by atomic mass is 10.0. The number of hydrogen-bond donors (Lipinski definition) is 0. The molecule has 55 heavy (non-hydrogen) atoms. The molecule has 0 N–H and O–H groups in total. The Kier molecular flexibility index (Phi) is 6.24. The van der Waals surface area contributed by atoms with Gasteiger partial charge >= 0.3 is 0 Å². The van der Waals surface area contributed by atoms with Crippen molar-refractivity contribution in [2.45, 2.75) is 0 Å². The van der Waals surface area contributed by atoms with E-state index >= 15 is 0 Å². The quantitative estimate of drug-likeness (QED) is 0.182. The van der Waals surface area contributed by atoms with Crippen LogP contribution in [0.3, 0.4) is 0 Å². The lowest BCUT2D eigenvalue weighted by Gasteiger charge is -2.13. The first-order valence-electron chi connectivity index (χ1n) is 18.4. The number of furan rings is 2. The average Bonchev–Trinajstić information content (AvgIpc) is 3.92. The molecule has 12 rings (SSSR count). The van der Waals surface area contributed by atoms with Crippen molar-refractivity contribution >= 4 is 76.5 Å². The monoisotopic (exact) mass is 704 g/mol. The molecule has 0 aliphatic rings. The summed E-state index contributed by atoms with van der Waals surface area (Å²) in [5.74, 6) is 1.69. The summed E-state index contributed by atoms with van der Waals surface area (Å²) >= 11 is 0. The van der Waals surface area contributed by atoms with Crippen molar-refractivity contribution < 1.29 is 8.83 Å². The van der Waals surface area contributed by atoms with E-state index in [1.54, 1.807) is 0 Å². The lowest BCUT2D eigenvalue weighted by Crippen LogP contribution is -2.02. The molecule has 0 saturated heterocycles. The SMILES string of the molecule is c1ccc(-c2nc(-c3cc(-n4c5ccccc5c5cc6ccccc6cc54)c4c(c3)oc3ccccc34)nc(-c3cccc4oc5ccccc5c34)n2)cc1. The third-order valence-electron chi connectivity index (χ3n) is 10.8. The predicted octanol–water partition coefficient (Wildman–Crippen LogP) is 12.9. The highest BCUT2D eigenvalue weighted by molar-refractivity contribution is 6.17. The van der Waals surface area contributed by atoms with Gasteiger partial charge in [0.1, 0.15) is 22.3 Å². The molecule has 0 amide bonds. The fourth-order valence-electron chi connectivity index (χ4n) is 8.36. The van der Waals surface area contributed by atoms with Gasteiger partial charge in [-0.2, -0.15) is 0 Å². The number of para-hydroxylation sites is 3. The number of benzene rings is 8. The second-order valence-electron chi connectivity index (χ2n) is 14.0. The first-order valence-corrected chi connectivity index (χ1v) is 18.4. The summed E-state index contributed by atoms with van der Waals surface area (Å²) in [6.45, 7) is 0. The van der Waals surface area contributed by atoms with Crippen molar-refractivity contribution in [2.24, 2.45) is 0 Å². The maximum atomic E-state index is 6.68. The molecule has 4 heterocycles. The summed E-state index contributed by atoms with van der Waals surface area (Å²) in [4.78, 5) is 15.6. The molecule has 8 aromatic carbocycles. The summed E-state index contributed by atoms with van der Waals surface area (Å²) in [5, 5.41) is 8.82. The lowest BCUT2D eigenvalue weighted by molar-refractivity contribution is 0.668. The summed E-state index contributed by atoms with van der Waals surface area (Å²) < 4.78 is 15.3. The molecule has 256 valence electrons. The van der Waals surface area contributed by atoms with E-state index in [0.717, 1.165) is 77.3 Å². The van der Waals surface area contributed by atoms with Crippen molar-refractivity contribution in [3.8, 4) is 39.9 Å². The fraction of sp³-hybridized carbons (Fsp3) is 0. The van der Waals surface area contributed by atoms with E-state index < -0.39 is 0 Å². The Morgan fingerprint density at radius 2 is 0.964 bits per heavy atom. The van der Waals surface area contributed by atoms with Gasteiger partial charge in [0.05, 0.1) is 22.1 Å². The van der Waals surface area contributed by atoms with E-state index in [0.29, 0.717) is 17.5 Å². The van der Waals surface area contributed by atoms with Gasteiger partial charge in [-0.05, 0) is 59.3 Å². The second-order valence-corrected chi connectivity index (χ2v) is 14.0. The van der Waals surface area contributed by atoms with E-state index in [4.69, 9.17) is 23.8 Å². The first-order chi connectivity index (χ1) is 27.2. The Labute approximate surface area is 313 Å². The minimum absolute atomic E-state index is 0.545. The van der Waals surface area contributed by atoms with Crippen molar-refractivity contribution in [2.75, 3.05) is 0 Å². The molecule has 0 aliphatic carbocycles. The zero-order valence-electron chi connectivity index (χ0n) is 29.3. The van der Waals surface area contributed by atoms with Crippen molar-refractivity contribution in [3.63, 3.8) is 0 Å². The average molecular weight is 705 g/mol. The predicted molar refractivity (Wildman–Crippen MR) is 223 cm³/mol. The van der Waals surface area contributed by atoms with Crippen LogP contribution in [0.5, 0.6) is 0 Å². The summed E-state index contributed by atoms with van der Waals surface area (Å²) in [5.41, 5.74) is 8.99. The molecular weight excluding hydrogens is 677 g/mol. The van der Waals surface area contributed by atoms with E-state index in [1.807, 2.05) is 72.8 Å². The summed E-state index contributed by atoms with van der Waals surface area (Å²) in [7, 11) is 0. The number of aromatic nitrogens is 4. The van der Waals surface area contributed by atoms with Gasteiger partial charge < -0.3 is 13.4 Å². The zero-order chi connectivity index (χ0) is 36.0. The van der Waals surface area contributed by atoms with Gasteiger partial charge in [-0.3, -0.25) is 0 Å². The van der Waals surface area contributed by atoms with E-state index in [1.165, 1.54) is 21.5 Å². The van der Waals surface area contributed by atoms with Gasteiger partial charge in [0.25, 0.3) is 0 Å². The molecule has 6 heteroatoms. The van der Waals surface area contributed by atoms with Crippen molar-refractivity contribution in [1.29, 1.82) is 0 Å². The van der Waals surface area contributed by atoms with Crippen LogP contribution in [-0.2, 0) is 0 Å². The standard InChI is InChI=1S/C49H28N4O2/c1-2-13-29(14-3-1)47-50-48(52-49(51-47)36-20-12-24-43-45(36)34-18-7-10-22-41(34)54-43)32-27-40(46-35-19-8-11-23-42(35)55-44(46)28-32)53-38-21-9-6-17-33(38)37-25-30-15-4-5-16-31(30)26-39(37)53/h1-28H. The molecule has 0 radical (unpaired) electrons. The first kappa shape index (κ1) is 29.9. The Morgan fingerprint density at radius 3 is 1.76 bits per heavy atom. The molecule has 12 aromatic rings. The van der Waals surface area contributed by atoms with Crippen molar-refractivity contribution in [1.82, 2.24) is 19.5 Å². The van der Waals surface area contributed by atoms with Crippen LogP contribution in [0.25, 0.3) is 116 Å². The molecule has 0 fully saturated rings. The molecule has 6 nitrogen and oxygen atoms in total. The molecule has 0 spiro atoms. The van der Waals surface area contributed by atoms with Gasteiger partial charge in [0.2, 0.25) is 0 Å². The molecule has 0 atom stereocenters. The Hall–Kier alpha value is -7.57. The highest BCUT2D eigenvalue weighted by atomic mass is 16.3. The maximum Gasteiger partial charge on any atom is 0.164 e. The summed E-state index contributed by atoms with van der Waals surface area (Å²) in [6.07, 6.45) is 0. The van der Waals surface area contributed by atoms with Crippen molar-refractivity contribution in [3.05, 3.63) is 170 Å². The highest BCUT2D eigenvalue weighted by Gasteiger charge is 2.23. The molecule has 4 aromatic heterocycles. The fourth-order valence-corrected chi connectivity index (χ4v) is 8.36. The second kappa shape index (κ2) is 11.5. The summed E-state index contributed by atoms with van der Waals surface area (Å²) in [6, 6.07) is 58.6. The molecule has 0 unspecified atom stereocenters.